The molecular formula is C42H44F2N14O4. The van der Waals surface area contributed by atoms with E-state index in [0.717, 1.165) is 11.1 Å². The van der Waals surface area contributed by atoms with E-state index < -0.39 is 11.6 Å². The molecule has 0 amide bonds. The lowest BCUT2D eigenvalue weighted by Crippen LogP contribution is -2.26. The highest BCUT2D eigenvalue weighted by Gasteiger charge is 2.21. The van der Waals surface area contributed by atoms with E-state index in [1.54, 1.807) is 69.4 Å². The number of ether oxygens (including phenoxy) is 4. The van der Waals surface area contributed by atoms with Crippen LogP contribution in [0.15, 0.2) is 90.7 Å². The SMILES string of the molecule is COc1cc(N=c2ccc3ncc(-c4cnn(C)c4)nc3n2CCN)c(F)c(OC)c1.COc1cc(OC)c(F)c(N(CCN)c2ccc3ncc(-c4cnn(C)c4)nc3n2)c1. The maximum atomic E-state index is 15.1. The number of halogens is 2. The summed E-state index contributed by atoms with van der Waals surface area (Å²) in [6.07, 6.45) is 10.5. The van der Waals surface area contributed by atoms with Crippen LogP contribution in [0, 0.1) is 11.6 Å². The fraction of sp³-hybridized carbons (Fsp3) is 0.238. The normalized spacial score (nSPS) is 11.4. The van der Waals surface area contributed by atoms with Crippen LogP contribution >= 0.6 is 0 Å². The molecule has 62 heavy (non-hydrogen) atoms. The van der Waals surface area contributed by atoms with Crippen molar-refractivity contribution in [3.05, 3.63) is 103 Å². The number of nitrogens with two attached hydrogens (primary N) is 2. The van der Waals surface area contributed by atoms with Crippen LogP contribution in [0.2, 0.25) is 0 Å². The van der Waals surface area contributed by atoms with Crippen LogP contribution in [-0.4, -0.2) is 97.1 Å². The van der Waals surface area contributed by atoms with Gasteiger partial charge in [0.05, 0.1) is 70.3 Å². The fourth-order valence-corrected chi connectivity index (χ4v) is 6.47. The summed E-state index contributed by atoms with van der Waals surface area (Å²) in [6, 6.07) is 13.1. The first kappa shape index (κ1) is 42.5. The number of aryl methyl sites for hydroxylation is 2. The zero-order chi connectivity index (χ0) is 43.9. The molecule has 20 heteroatoms. The molecule has 6 aromatic heterocycles. The zero-order valence-corrected chi connectivity index (χ0v) is 34.8. The van der Waals surface area contributed by atoms with E-state index in [0.29, 0.717) is 76.2 Å². The molecule has 0 radical (unpaired) electrons. The molecule has 0 unspecified atom stereocenters. The second-order valence-corrected chi connectivity index (χ2v) is 13.5. The first-order valence-corrected chi connectivity index (χ1v) is 19.1. The number of pyridine rings is 2. The first-order valence-electron chi connectivity index (χ1n) is 19.1. The Morgan fingerprint density at radius 2 is 1.29 bits per heavy atom. The molecule has 320 valence electrons. The van der Waals surface area contributed by atoms with Crippen molar-refractivity contribution in [3.8, 4) is 45.5 Å². The molecule has 8 aromatic rings. The van der Waals surface area contributed by atoms with E-state index in [9.17, 15) is 4.39 Å². The van der Waals surface area contributed by atoms with E-state index in [2.05, 4.69) is 35.1 Å². The molecule has 0 saturated carbocycles. The number of hydrogen-bond acceptors (Lipinski definition) is 15. The molecule has 0 saturated heterocycles. The van der Waals surface area contributed by atoms with Gasteiger partial charge in [0, 0.05) is 88.1 Å². The lowest BCUT2D eigenvalue weighted by molar-refractivity contribution is 0.374. The number of nitrogens with zero attached hydrogens (tertiary/aromatic N) is 12. The quantitative estimate of drug-likeness (QED) is 0.159. The Bertz CT molecular complexity index is 2930. The summed E-state index contributed by atoms with van der Waals surface area (Å²) in [5.74, 6) is 0.354. The van der Waals surface area contributed by atoms with Gasteiger partial charge >= 0.3 is 0 Å². The molecule has 0 aliphatic carbocycles. The Labute approximate surface area is 354 Å². The Morgan fingerprint density at radius 3 is 1.89 bits per heavy atom. The average molecular weight is 847 g/mol. The monoisotopic (exact) mass is 846 g/mol. The van der Waals surface area contributed by atoms with Gasteiger partial charge in [-0.3, -0.25) is 19.3 Å². The molecule has 6 heterocycles. The third kappa shape index (κ3) is 8.95. The summed E-state index contributed by atoms with van der Waals surface area (Å²) in [5, 5.41) is 8.35. The van der Waals surface area contributed by atoms with E-state index >= 15 is 4.39 Å². The molecule has 0 spiro atoms. The summed E-state index contributed by atoms with van der Waals surface area (Å²) >= 11 is 0. The van der Waals surface area contributed by atoms with Crippen molar-refractivity contribution in [2.75, 3.05) is 53.0 Å². The van der Waals surface area contributed by atoms with Crippen molar-refractivity contribution >= 4 is 39.5 Å². The largest absolute Gasteiger partial charge is 0.497 e. The average Bonchev–Trinajstić information content (AvgIpc) is 3.94. The van der Waals surface area contributed by atoms with Crippen LogP contribution in [0.4, 0.5) is 26.0 Å². The van der Waals surface area contributed by atoms with Crippen LogP contribution in [0.25, 0.3) is 44.8 Å². The van der Waals surface area contributed by atoms with Gasteiger partial charge in [-0.05, 0) is 24.3 Å². The van der Waals surface area contributed by atoms with Crippen LogP contribution < -0.4 is 40.8 Å². The zero-order valence-electron chi connectivity index (χ0n) is 34.8. The van der Waals surface area contributed by atoms with E-state index in [-0.39, 0.29) is 29.4 Å². The van der Waals surface area contributed by atoms with Crippen molar-refractivity contribution < 1.29 is 27.7 Å². The first-order chi connectivity index (χ1) is 30.1. The topological polar surface area (TPSA) is 210 Å². The molecular weight excluding hydrogens is 803 g/mol. The number of hydrogen-bond donors (Lipinski definition) is 2. The van der Waals surface area contributed by atoms with E-state index in [1.165, 1.54) is 46.6 Å². The van der Waals surface area contributed by atoms with E-state index in [1.807, 2.05) is 31.1 Å². The number of rotatable bonds is 13. The molecule has 0 bridgehead atoms. The predicted molar refractivity (Wildman–Crippen MR) is 229 cm³/mol. The Balaban J connectivity index is 0.000000186. The van der Waals surface area contributed by atoms with Crippen LogP contribution in [0.3, 0.4) is 0 Å². The molecule has 0 fully saturated rings. The second-order valence-electron chi connectivity index (χ2n) is 13.5. The molecule has 8 rings (SSSR count). The highest BCUT2D eigenvalue weighted by atomic mass is 19.1. The maximum absolute atomic E-state index is 15.1. The van der Waals surface area contributed by atoms with Crippen molar-refractivity contribution in [3.63, 3.8) is 0 Å². The minimum Gasteiger partial charge on any atom is -0.497 e. The summed E-state index contributed by atoms with van der Waals surface area (Å²) in [6.45, 7) is 1.36. The third-order valence-electron chi connectivity index (χ3n) is 9.50. The number of benzene rings is 2. The standard InChI is InChI=1S/2C21H22FN7O2/c1-28-12-13(10-25-28)16-11-24-15-4-5-19(27-21(15)26-16)29(7-6-23)17-8-14(30-2)9-18(31-3)20(17)22;1-28-12-13(10-25-28)17-11-24-15-4-5-19(29(7-6-23)21(15)27-17)26-16-8-14(30-2)9-18(31-3)20(16)22/h2*4-5,8-12H,6-7,23H2,1-3H3. The van der Waals surface area contributed by atoms with Gasteiger partial charge in [0.25, 0.3) is 0 Å². The molecule has 2 aromatic carbocycles. The van der Waals surface area contributed by atoms with Gasteiger partial charge < -0.3 is 39.9 Å². The molecule has 0 atom stereocenters. The highest BCUT2D eigenvalue weighted by molar-refractivity contribution is 5.77. The lowest BCUT2D eigenvalue weighted by Gasteiger charge is -2.25. The predicted octanol–water partition coefficient (Wildman–Crippen LogP) is 4.86. The molecule has 18 nitrogen and oxygen atoms in total. The second kappa shape index (κ2) is 18.8. The van der Waals surface area contributed by atoms with Crippen LogP contribution in [0.5, 0.6) is 23.0 Å². The number of fused-ring (bicyclic) bond motifs is 2. The van der Waals surface area contributed by atoms with Crippen molar-refractivity contribution in [1.82, 2.24) is 49.0 Å². The van der Waals surface area contributed by atoms with Gasteiger partial charge in [-0.15, -0.1) is 0 Å². The van der Waals surface area contributed by atoms with E-state index in [4.69, 9.17) is 35.4 Å². The van der Waals surface area contributed by atoms with Crippen molar-refractivity contribution in [2.24, 2.45) is 30.6 Å². The molecule has 0 aliphatic heterocycles. The third-order valence-corrected chi connectivity index (χ3v) is 9.50. The number of methoxy groups -OCH3 is 4. The number of aromatic nitrogens is 10. The van der Waals surface area contributed by atoms with Gasteiger partial charge in [-0.1, -0.05) is 0 Å². The molecule has 0 aliphatic rings. The Morgan fingerprint density at radius 1 is 0.677 bits per heavy atom. The summed E-state index contributed by atoms with van der Waals surface area (Å²) in [4.78, 5) is 29.2. The Kier molecular flexibility index (Phi) is 12.9. The lowest BCUT2D eigenvalue weighted by atomic mass is 10.2. The maximum Gasteiger partial charge on any atom is 0.190 e. The van der Waals surface area contributed by atoms with Gasteiger partial charge in [-0.2, -0.15) is 10.2 Å². The van der Waals surface area contributed by atoms with Gasteiger partial charge in [-0.25, -0.2) is 28.7 Å². The minimum absolute atomic E-state index is 0.0444. The van der Waals surface area contributed by atoms with Crippen molar-refractivity contribution in [2.45, 2.75) is 6.54 Å². The van der Waals surface area contributed by atoms with Crippen LogP contribution in [0.1, 0.15) is 0 Å². The number of anilines is 2. The minimum atomic E-state index is -0.585. The smallest absolute Gasteiger partial charge is 0.190 e. The van der Waals surface area contributed by atoms with Gasteiger partial charge in [0.15, 0.2) is 34.4 Å². The summed E-state index contributed by atoms with van der Waals surface area (Å²) < 4.78 is 56.0. The molecule has 4 N–H and O–H groups in total. The van der Waals surface area contributed by atoms with Crippen molar-refractivity contribution in [1.29, 1.82) is 0 Å². The fourth-order valence-electron chi connectivity index (χ4n) is 6.47. The highest BCUT2D eigenvalue weighted by Crippen LogP contribution is 2.37. The van der Waals surface area contributed by atoms with Gasteiger partial charge in [0.1, 0.15) is 39.5 Å². The Hall–Kier alpha value is -7.58. The van der Waals surface area contributed by atoms with Crippen LogP contribution in [-0.2, 0) is 20.6 Å². The summed E-state index contributed by atoms with van der Waals surface area (Å²) in [5.41, 5.74) is 17.7. The summed E-state index contributed by atoms with van der Waals surface area (Å²) in [7, 11) is 9.46. The van der Waals surface area contributed by atoms with Gasteiger partial charge in [0.2, 0.25) is 0 Å².